The molecule has 2 aromatic rings. The van der Waals surface area contributed by atoms with Gasteiger partial charge >= 0.3 is 0 Å². The number of aryl methyl sites for hydroxylation is 3. The van der Waals surface area contributed by atoms with Gasteiger partial charge in [0.1, 0.15) is 0 Å². The first-order valence-corrected chi connectivity index (χ1v) is 5.98. The number of benzene rings is 2. The van der Waals surface area contributed by atoms with E-state index in [1.54, 1.807) is 0 Å². The van der Waals surface area contributed by atoms with Crippen molar-refractivity contribution in [2.24, 2.45) is 0 Å². The van der Waals surface area contributed by atoms with E-state index in [0.717, 1.165) is 29.5 Å². The summed E-state index contributed by atoms with van der Waals surface area (Å²) in [5.41, 5.74) is 5.24. The lowest BCUT2D eigenvalue weighted by atomic mass is 9.95. The van der Waals surface area contributed by atoms with Crippen LogP contribution < -0.4 is 0 Å². The highest BCUT2D eigenvalue weighted by atomic mass is 16.1. The Balaban J connectivity index is 2.26. The summed E-state index contributed by atoms with van der Waals surface area (Å²) in [6, 6.07) is 14.1. The molecule has 0 saturated heterocycles. The number of ketones is 1. The lowest BCUT2D eigenvalue weighted by molar-refractivity contribution is 0.103. The third kappa shape index (κ3) is 1.59. The Morgan fingerprint density at radius 3 is 2.47 bits per heavy atom. The van der Waals surface area contributed by atoms with Crippen LogP contribution in [0, 0.1) is 6.92 Å². The summed E-state index contributed by atoms with van der Waals surface area (Å²) in [7, 11) is 0. The highest BCUT2D eigenvalue weighted by Crippen LogP contribution is 2.26. The second kappa shape index (κ2) is 3.85. The molecule has 1 heteroatoms. The zero-order valence-electron chi connectivity index (χ0n) is 9.86. The molecule has 0 bridgehead atoms. The minimum Gasteiger partial charge on any atom is -0.289 e. The van der Waals surface area contributed by atoms with Crippen molar-refractivity contribution in [2.75, 3.05) is 0 Å². The fraction of sp³-hybridized carbons (Fsp3) is 0.188. The Kier molecular flexibility index (Phi) is 2.32. The molecule has 3 rings (SSSR count). The lowest BCUT2D eigenvalue weighted by Gasteiger charge is -2.08. The van der Waals surface area contributed by atoms with Crippen molar-refractivity contribution >= 4 is 5.78 Å². The summed E-state index contributed by atoms with van der Waals surface area (Å²) in [6.07, 6.45) is 1.91. The standard InChI is InChI=1S/C16H14O/c1-11-5-4-7-13-10-9-12-6-2-3-8-14(12)16(17)15(11)13/h2-8H,9-10H2,1H3. The van der Waals surface area contributed by atoms with Crippen LogP contribution >= 0.6 is 0 Å². The van der Waals surface area contributed by atoms with Crippen LogP contribution in [0.2, 0.25) is 0 Å². The highest BCUT2D eigenvalue weighted by Gasteiger charge is 2.21. The SMILES string of the molecule is Cc1cccc2c1C(=O)c1ccccc1CC2. The molecule has 1 nitrogen and oxygen atoms in total. The van der Waals surface area contributed by atoms with Gasteiger partial charge in [0.25, 0.3) is 0 Å². The van der Waals surface area contributed by atoms with Crippen LogP contribution in [-0.2, 0) is 12.8 Å². The van der Waals surface area contributed by atoms with Crippen molar-refractivity contribution in [2.45, 2.75) is 19.8 Å². The van der Waals surface area contributed by atoms with Gasteiger partial charge in [0.2, 0.25) is 0 Å². The summed E-state index contributed by atoms with van der Waals surface area (Å²) in [5, 5.41) is 0. The number of hydrogen-bond acceptors (Lipinski definition) is 1. The lowest BCUT2D eigenvalue weighted by Crippen LogP contribution is -2.06. The molecule has 2 aromatic carbocycles. The second-order valence-corrected chi connectivity index (χ2v) is 4.60. The average Bonchev–Trinajstić information content (AvgIpc) is 2.49. The predicted octanol–water partition coefficient (Wildman–Crippen LogP) is 3.32. The molecule has 0 N–H and O–H groups in total. The van der Waals surface area contributed by atoms with Crippen molar-refractivity contribution in [1.29, 1.82) is 0 Å². The molecule has 1 aliphatic rings. The molecule has 0 radical (unpaired) electrons. The molecule has 84 valence electrons. The van der Waals surface area contributed by atoms with Gasteiger partial charge in [-0.05, 0) is 36.5 Å². The van der Waals surface area contributed by atoms with E-state index in [9.17, 15) is 4.79 Å². The largest absolute Gasteiger partial charge is 0.289 e. The van der Waals surface area contributed by atoms with Gasteiger partial charge in [-0.15, -0.1) is 0 Å². The molecule has 0 spiro atoms. The maximum Gasteiger partial charge on any atom is 0.193 e. The molecule has 0 saturated carbocycles. The molecular formula is C16H14O. The van der Waals surface area contributed by atoms with Crippen molar-refractivity contribution in [3.05, 3.63) is 70.3 Å². The number of fused-ring (bicyclic) bond motifs is 2. The first kappa shape index (κ1) is 10.3. The first-order chi connectivity index (χ1) is 8.27. The summed E-state index contributed by atoms with van der Waals surface area (Å²) in [4.78, 5) is 12.5. The third-order valence-electron chi connectivity index (χ3n) is 3.51. The van der Waals surface area contributed by atoms with Crippen LogP contribution in [0.1, 0.15) is 32.6 Å². The first-order valence-electron chi connectivity index (χ1n) is 5.98. The van der Waals surface area contributed by atoms with Crippen LogP contribution in [0.4, 0.5) is 0 Å². The Hall–Kier alpha value is -1.89. The van der Waals surface area contributed by atoms with Crippen LogP contribution in [0.25, 0.3) is 0 Å². The van der Waals surface area contributed by atoms with Gasteiger partial charge in [0.05, 0.1) is 0 Å². The van der Waals surface area contributed by atoms with E-state index in [-0.39, 0.29) is 5.78 Å². The van der Waals surface area contributed by atoms with E-state index >= 15 is 0 Å². The second-order valence-electron chi connectivity index (χ2n) is 4.60. The Morgan fingerprint density at radius 1 is 0.882 bits per heavy atom. The van der Waals surface area contributed by atoms with E-state index in [1.807, 2.05) is 37.3 Å². The smallest absolute Gasteiger partial charge is 0.193 e. The predicted molar refractivity (Wildman–Crippen MR) is 68.5 cm³/mol. The number of hydrogen-bond donors (Lipinski definition) is 0. The van der Waals surface area contributed by atoms with Crippen molar-refractivity contribution in [3.63, 3.8) is 0 Å². The van der Waals surface area contributed by atoms with E-state index in [4.69, 9.17) is 0 Å². The zero-order chi connectivity index (χ0) is 11.8. The molecule has 1 aliphatic carbocycles. The van der Waals surface area contributed by atoms with Crippen LogP contribution in [-0.4, -0.2) is 5.78 Å². The van der Waals surface area contributed by atoms with Gasteiger partial charge < -0.3 is 0 Å². The van der Waals surface area contributed by atoms with Crippen molar-refractivity contribution in [3.8, 4) is 0 Å². The number of carbonyl (C=O) groups is 1. The maximum atomic E-state index is 12.5. The average molecular weight is 222 g/mol. The molecule has 0 heterocycles. The molecule has 17 heavy (non-hydrogen) atoms. The van der Waals surface area contributed by atoms with Gasteiger partial charge in [-0.25, -0.2) is 0 Å². The summed E-state index contributed by atoms with van der Waals surface area (Å²) >= 11 is 0. The molecule has 0 aliphatic heterocycles. The number of carbonyl (C=O) groups excluding carboxylic acids is 1. The fourth-order valence-corrected chi connectivity index (χ4v) is 2.63. The minimum absolute atomic E-state index is 0.186. The monoisotopic (exact) mass is 222 g/mol. The topological polar surface area (TPSA) is 17.1 Å². The van der Waals surface area contributed by atoms with Gasteiger partial charge in [-0.1, -0.05) is 42.5 Å². The normalized spacial score (nSPS) is 13.8. The zero-order valence-corrected chi connectivity index (χ0v) is 9.86. The molecule has 0 unspecified atom stereocenters. The quantitative estimate of drug-likeness (QED) is 0.668. The molecule has 0 aromatic heterocycles. The van der Waals surface area contributed by atoms with E-state index in [1.165, 1.54) is 11.1 Å². The van der Waals surface area contributed by atoms with Gasteiger partial charge in [-0.2, -0.15) is 0 Å². The van der Waals surface area contributed by atoms with Crippen LogP contribution in [0.15, 0.2) is 42.5 Å². The Morgan fingerprint density at radius 2 is 1.59 bits per heavy atom. The van der Waals surface area contributed by atoms with E-state index < -0.39 is 0 Å². The molecule has 0 fully saturated rings. The summed E-state index contributed by atoms with van der Waals surface area (Å²) in [5.74, 6) is 0.186. The van der Waals surface area contributed by atoms with Crippen LogP contribution in [0.5, 0.6) is 0 Å². The van der Waals surface area contributed by atoms with Gasteiger partial charge in [0.15, 0.2) is 5.78 Å². The van der Waals surface area contributed by atoms with Crippen molar-refractivity contribution < 1.29 is 4.79 Å². The molecule has 0 amide bonds. The van der Waals surface area contributed by atoms with Crippen molar-refractivity contribution in [1.82, 2.24) is 0 Å². The summed E-state index contributed by atoms with van der Waals surface area (Å²) in [6.45, 7) is 2.02. The van der Waals surface area contributed by atoms with E-state index in [2.05, 4.69) is 12.1 Å². The third-order valence-corrected chi connectivity index (χ3v) is 3.51. The Bertz CT molecular complexity index is 596. The van der Waals surface area contributed by atoms with Gasteiger partial charge in [0, 0.05) is 11.1 Å². The Labute approximate surface area is 101 Å². The minimum atomic E-state index is 0.186. The van der Waals surface area contributed by atoms with E-state index in [0.29, 0.717) is 0 Å². The highest BCUT2D eigenvalue weighted by molar-refractivity contribution is 6.12. The maximum absolute atomic E-state index is 12.5. The van der Waals surface area contributed by atoms with Gasteiger partial charge in [-0.3, -0.25) is 4.79 Å². The number of rotatable bonds is 0. The molecular weight excluding hydrogens is 208 g/mol. The molecule has 0 atom stereocenters. The fourth-order valence-electron chi connectivity index (χ4n) is 2.63. The van der Waals surface area contributed by atoms with Crippen LogP contribution in [0.3, 0.4) is 0 Å². The summed E-state index contributed by atoms with van der Waals surface area (Å²) < 4.78 is 0.